The van der Waals surface area contributed by atoms with Crippen LogP contribution < -0.4 is 5.32 Å². The van der Waals surface area contributed by atoms with Gasteiger partial charge >= 0.3 is 12.0 Å². The molecule has 0 radical (unpaired) electrons. The molecule has 0 aliphatic rings. The number of nitrogens with one attached hydrogen (secondary N) is 1. The van der Waals surface area contributed by atoms with Gasteiger partial charge in [-0.25, -0.2) is 14.0 Å². The van der Waals surface area contributed by atoms with Gasteiger partial charge in [0.15, 0.2) is 0 Å². The molecule has 0 atom stereocenters. The Morgan fingerprint density at radius 3 is 2.68 bits per heavy atom. The number of rotatable bonds is 5. The molecule has 0 saturated heterocycles. The molecule has 2 amide bonds. The largest absolute Gasteiger partial charge is 0.478 e. The number of carboxylic acid groups (broad SMARTS) is 1. The van der Waals surface area contributed by atoms with Crippen molar-refractivity contribution in [1.82, 2.24) is 4.90 Å². The topological polar surface area (TPSA) is 89.9 Å². The molecule has 19 heavy (non-hydrogen) atoms. The second-order valence-corrected chi connectivity index (χ2v) is 3.92. The highest BCUT2D eigenvalue weighted by atomic mass is 19.1. The average Bonchev–Trinajstić information content (AvgIpc) is 2.35. The van der Waals surface area contributed by atoms with Crippen molar-refractivity contribution in [3.63, 3.8) is 0 Å². The minimum atomic E-state index is -1.26. The van der Waals surface area contributed by atoms with Crippen LogP contribution in [-0.4, -0.2) is 47.3 Å². The lowest BCUT2D eigenvalue weighted by Gasteiger charge is -2.18. The van der Waals surface area contributed by atoms with E-state index in [-0.39, 0.29) is 17.9 Å². The summed E-state index contributed by atoms with van der Waals surface area (Å²) in [6.45, 7) is 0.248. The molecular formula is C12H15FN2O4. The SMILES string of the molecule is CN(CCCO)C(=O)Nc1cc(F)ccc1C(=O)O. The monoisotopic (exact) mass is 270 g/mol. The summed E-state index contributed by atoms with van der Waals surface area (Å²) in [7, 11) is 1.49. The summed E-state index contributed by atoms with van der Waals surface area (Å²) < 4.78 is 13.1. The molecule has 0 aliphatic heterocycles. The molecule has 0 spiro atoms. The molecule has 1 rings (SSSR count). The highest BCUT2D eigenvalue weighted by molar-refractivity contribution is 5.99. The predicted octanol–water partition coefficient (Wildman–Crippen LogP) is 1.37. The number of carboxylic acids is 1. The van der Waals surface area contributed by atoms with Gasteiger partial charge in [-0.2, -0.15) is 0 Å². The summed E-state index contributed by atoms with van der Waals surface area (Å²) in [5.74, 6) is -1.90. The van der Waals surface area contributed by atoms with Crippen molar-refractivity contribution in [2.24, 2.45) is 0 Å². The van der Waals surface area contributed by atoms with Crippen LogP contribution >= 0.6 is 0 Å². The Bertz CT molecular complexity index is 479. The minimum absolute atomic E-state index is 0.0576. The van der Waals surface area contributed by atoms with E-state index in [1.165, 1.54) is 11.9 Å². The Morgan fingerprint density at radius 1 is 1.42 bits per heavy atom. The molecule has 104 valence electrons. The normalized spacial score (nSPS) is 10.1. The van der Waals surface area contributed by atoms with E-state index in [4.69, 9.17) is 10.2 Å². The summed E-state index contributed by atoms with van der Waals surface area (Å²) in [4.78, 5) is 23.9. The molecule has 0 aromatic heterocycles. The zero-order valence-electron chi connectivity index (χ0n) is 10.4. The first kappa shape index (κ1) is 14.9. The average molecular weight is 270 g/mol. The molecule has 7 heteroatoms. The third-order valence-corrected chi connectivity index (χ3v) is 2.45. The molecule has 1 aromatic rings. The lowest BCUT2D eigenvalue weighted by atomic mass is 10.2. The number of hydrogen-bond acceptors (Lipinski definition) is 3. The molecule has 0 saturated carbocycles. The number of aliphatic hydroxyl groups excluding tert-OH is 1. The van der Waals surface area contributed by atoms with Crippen molar-refractivity contribution in [1.29, 1.82) is 0 Å². The molecule has 3 N–H and O–H groups in total. The molecule has 0 unspecified atom stereocenters. The predicted molar refractivity (Wildman–Crippen MR) is 66.7 cm³/mol. The highest BCUT2D eigenvalue weighted by Gasteiger charge is 2.15. The van der Waals surface area contributed by atoms with Gasteiger partial charge in [-0.05, 0) is 24.6 Å². The van der Waals surface area contributed by atoms with E-state index in [1.54, 1.807) is 0 Å². The van der Waals surface area contributed by atoms with Gasteiger partial charge in [0.1, 0.15) is 5.82 Å². The lowest BCUT2D eigenvalue weighted by molar-refractivity contribution is 0.0698. The number of halogens is 1. The maximum atomic E-state index is 13.1. The van der Waals surface area contributed by atoms with E-state index in [0.717, 1.165) is 18.2 Å². The first-order valence-electron chi connectivity index (χ1n) is 5.61. The van der Waals surface area contributed by atoms with Gasteiger partial charge in [-0.3, -0.25) is 0 Å². The fourth-order valence-electron chi connectivity index (χ4n) is 1.43. The molecule has 0 heterocycles. The number of anilines is 1. The summed E-state index contributed by atoms with van der Waals surface area (Å²) in [6, 6.07) is 2.47. The van der Waals surface area contributed by atoms with E-state index >= 15 is 0 Å². The molecule has 0 bridgehead atoms. The lowest BCUT2D eigenvalue weighted by Crippen LogP contribution is -2.33. The van der Waals surface area contributed by atoms with Crippen molar-refractivity contribution < 1.29 is 24.2 Å². The second kappa shape index (κ2) is 6.69. The van der Waals surface area contributed by atoms with Crippen LogP contribution in [0.25, 0.3) is 0 Å². The van der Waals surface area contributed by atoms with Gasteiger partial charge in [-0.1, -0.05) is 0 Å². The Morgan fingerprint density at radius 2 is 2.11 bits per heavy atom. The van der Waals surface area contributed by atoms with Gasteiger partial charge in [0.25, 0.3) is 0 Å². The summed E-state index contributed by atoms with van der Waals surface area (Å²) in [5.41, 5.74) is -0.293. The van der Waals surface area contributed by atoms with Crippen LogP contribution in [0, 0.1) is 5.82 Å². The van der Waals surface area contributed by atoms with Crippen LogP contribution in [0.5, 0.6) is 0 Å². The van der Waals surface area contributed by atoms with Crippen LogP contribution in [0.2, 0.25) is 0 Å². The van der Waals surface area contributed by atoms with Gasteiger partial charge in [0, 0.05) is 20.2 Å². The standard InChI is InChI=1S/C12H15FN2O4/c1-15(5-2-6-16)12(19)14-10-7-8(13)3-4-9(10)11(17)18/h3-4,7,16H,2,5-6H2,1H3,(H,14,19)(H,17,18). The van der Waals surface area contributed by atoms with E-state index in [1.807, 2.05) is 0 Å². The van der Waals surface area contributed by atoms with E-state index in [0.29, 0.717) is 13.0 Å². The molecule has 6 nitrogen and oxygen atoms in total. The van der Waals surface area contributed by atoms with Crippen LogP contribution in [0.4, 0.5) is 14.9 Å². The van der Waals surface area contributed by atoms with Crippen LogP contribution in [-0.2, 0) is 0 Å². The smallest absolute Gasteiger partial charge is 0.337 e. The fourth-order valence-corrected chi connectivity index (χ4v) is 1.43. The zero-order chi connectivity index (χ0) is 14.4. The van der Waals surface area contributed by atoms with Gasteiger partial charge in [0.05, 0.1) is 11.3 Å². The molecular weight excluding hydrogens is 255 g/mol. The van der Waals surface area contributed by atoms with Gasteiger partial charge in [-0.15, -0.1) is 0 Å². The van der Waals surface area contributed by atoms with Crippen LogP contribution in [0.15, 0.2) is 18.2 Å². The number of hydrogen-bond donors (Lipinski definition) is 3. The maximum absolute atomic E-state index is 13.1. The van der Waals surface area contributed by atoms with E-state index < -0.39 is 17.8 Å². The Labute approximate surface area is 109 Å². The summed E-state index contributed by atoms with van der Waals surface area (Å²) >= 11 is 0. The van der Waals surface area contributed by atoms with Crippen molar-refractivity contribution in [2.45, 2.75) is 6.42 Å². The minimum Gasteiger partial charge on any atom is -0.478 e. The maximum Gasteiger partial charge on any atom is 0.337 e. The third kappa shape index (κ3) is 4.22. The van der Waals surface area contributed by atoms with Crippen molar-refractivity contribution >= 4 is 17.7 Å². The number of nitrogens with zero attached hydrogens (tertiary/aromatic N) is 1. The van der Waals surface area contributed by atoms with Crippen LogP contribution in [0.1, 0.15) is 16.8 Å². The number of urea groups is 1. The molecule has 0 fully saturated rings. The van der Waals surface area contributed by atoms with Crippen molar-refractivity contribution in [3.05, 3.63) is 29.6 Å². The van der Waals surface area contributed by atoms with Gasteiger partial charge in [0.2, 0.25) is 0 Å². The third-order valence-electron chi connectivity index (χ3n) is 2.45. The van der Waals surface area contributed by atoms with E-state index in [2.05, 4.69) is 5.32 Å². The Kier molecular flexibility index (Phi) is 5.25. The first-order chi connectivity index (χ1) is 8.95. The van der Waals surface area contributed by atoms with E-state index in [9.17, 15) is 14.0 Å². The number of amides is 2. The first-order valence-corrected chi connectivity index (χ1v) is 5.61. The van der Waals surface area contributed by atoms with Crippen LogP contribution in [0.3, 0.4) is 0 Å². The number of carbonyl (C=O) groups excluding carboxylic acids is 1. The van der Waals surface area contributed by atoms with Gasteiger partial charge < -0.3 is 20.4 Å². The molecule has 0 aliphatic carbocycles. The summed E-state index contributed by atoms with van der Waals surface area (Å²) in [5, 5.41) is 19.9. The quantitative estimate of drug-likeness (QED) is 0.753. The number of carbonyl (C=O) groups is 2. The zero-order valence-corrected chi connectivity index (χ0v) is 10.4. The fraction of sp³-hybridized carbons (Fsp3) is 0.333. The number of aliphatic hydroxyl groups is 1. The number of aromatic carboxylic acids is 1. The Balaban J connectivity index is 2.83. The number of benzene rings is 1. The Hall–Kier alpha value is -2.15. The second-order valence-electron chi connectivity index (χ2n) is 3.92. The van der Waals surface area contributed by atoms with Crippen molar-refractivity contribution in [3.8, 4) is 0 Å². The van der Waals surface area contributed by atoms with Crippen molar-refractivity contribution in [2.75, 3.05) is 25.5 Å². The highest BCUT2D eigenvalue weighted by Crippen LogP contribution is 2.17. The summed E-state index contributed by atoms with van der Waals surface area (Å²) in [6.07, 6.45) is 0.402. The molecule has 1 aromatic carbocycles.